The molecule has 1 saturated heterocycles. The number of benzene rings is 2. The minimum Gasteiger partial charge on any atom is -0.497 e. The molecule has 1 atom stereocenters. The second-order valence-electron chi connectivity index (χ2n) is 7.90. The van der Waals surface area contributed by atoms with Crippen LogP contribution in [0.5, 0.6) is 5.75 Å². The molecule has 2 heterocycles. The number of hydrogen-bond donors (Lipinski definition) is 0. The summed E-state index contributed by atoms with van der Waals surface area (Å²) in [5.74, 6) is 0.959. The van der Waals surface area contributed by atoms with E-state index in [9.17, 15) is 9.59 Å². The third kappa shape index (κ3) is 3.86. The summed E-state index contributed by atoms with van der Waals surface area (Å²) in [6, 6.07) is 13.9. The van der Waals surface area contributed by atoms with E-state index in [1.54, 1.807) is 18.9 Å². The van der Waals surface area contributed by atoms with Gasteiger partial charge in [0.15, 0.2) is 0 Å². The van der Waals surface area contributed by atoms with E-state index in [1.807, 2.05) is 35.2 Å². The normalized spacial score (nSPS) is 18.9. The second kappa shape index (κ2) is 8.27. The topological polar surface area (TPSA) is 49.9 Å². The molecule has 152 valence electrons. The zero-order valence-corrected chi connectivity index (χ0v) is 17.2. The molecular formula is C24H28N2O3. The number of likely N-dealkylation sites (tertiary alicyclic amines) is 1. The van der Waals surface area contributed by atoms with Crippen molar-refractivity contribution in [1.29, 1.82) is 0 Å². The van der Waals surface area contributed by atoms with Gasteiger partial charge in [-0.15, -0.1) is 0 Å². The number of methoxy groups -OCH3 is 1. The van der Waals surface area contributed by atoms with Crippen LogP contribution < -0.4 is 9.64 Å². The molecule has 2 aliphatic heterocycles. The van der Waals surface area contributed by atoms with Gasteiger partial charge in [-0.05, 0) is 60.7 Å². The number of nitrogens with zero attached hydrogens (tertiary/aromatic N) is 2. The summed E-state index contributed by atoms with van der Waals surface area (Å²) in [6.07, 6.45) is 5.08. The summed E-state index contributed by atoms with van der Waals surface area (Å²) < 4.78 is 5.28. The molecule has 5 heteroatoms. The van der Waals surface area contributed by atoms with Gasteiger partial charge in [0, 0.05) is 31.3 Å². The summed E-state index contributed by atoms with van der Waals surface area (Å²) in [6.45, 7) is 3.05. The van der Waals surface area contributed by atoms with Gasteiger partial charge in [-0.1, -0.05) is 25.0 Å². The van der Waals surface area contributed by atoms with Gasteiger partial charge in [0.2, 0.25) is 5.91 Å². The smallest absolute Gasteiger partial charge is 0.254 e. The highest BCUT2D eigenvalue weighted by Gasteiger charge is 2.29. The lowest BCUT2D eigenvalue weighted by atomic mass is 9.99. The number of carbonyl (C=O) groups is 2. The van der Waals surface area contributed by atoms with Gasteiger partial charge >= 0.3 is 0 Å². The molecule has 2 aromatic rings. The Balaban J connectivity index is 1.62. The van der Waals surface area contributed by atoms with Gasteiger partial charge in [-0.25, -0.2) is 0 Å². The van der Waals surface area contributed by atoms with Crippen molar-refractivity contribution >= 4 is 17.5 Å². The maximum Gasteiger partial charge on any atom is 0.254 e. The Morgan fingerprint density at radius 1 is 1.00 bits per heavy atom. The molecular weight excluding hydrogens is 364 g/mol. The molecule has 0 N–H and O–H groups in total. The van der Waals surface area contributed by atoms with Crippen molar-refractivity contribution in [3.05, 3.63) is 59.2 Å². The Hall–Kier alpha value is -2.82. The molecule has 0 radical (unpaired) electrons. The van der Waals surface area contributed by atoms with Crippen molar-refractivity contribution < 1.29 is 14.3 Å². The molecule has 1 unspecified atom stereocenters. The molecule has 2 aromatic carbocycles. The molecule has 2 aliphatic rings. The van der Waals surface area contributed by atoms with E-state index in [2.05, 4.69) is 12.1 Å². The summed E-state index contributed by atoms with van der Waals surface area (Å²) in [5, 5.41) is 0. The van der Waals surface area contributed by atoms with E-state index >= 15 is 0 Å². The fraction of sp³-hybridized carbons (Fsp3) is 0.417. The number of ether oxygens (including phenoxy) is 1. The highest BCUT2D eigenvalue weighted by Crippen LogP contribution is 2.34. The van der Waals surface area contributed by atoms with Crippen molar-refractivity contribution in [3.63, 3.8) is 0 Å². The monoisotopic (exact) mass is 392 g/mol. The zero-order chi connectivity index (χ0) is 20.4. The number of hydrogen-bond acceptors (Lipinski definition) is 3. The van der Waals surface area contributed by atoms with Crippen LogP contribution in [0.3, 0.4) is 0 Å². The number of rotatable bonds is 3. The predicted octanol–water partition coefficient (Wildman–Crippen LogP) is 4.36. The summed E-state index contributed by atoms with van der Waals surface area (Å²) in [7, 11) is 1.66. The average molecular weight is 392 g/mol. The zero-order valence-electron chi connectivity index (χ0n) is 17.2. The van der Waals surface area contributed by atoms with Crippen LogP contribution >= 0.6 is 0 Å². The standard InChI is InChI=1S/C24H28N2O3/c1-17(27)25-15-13-19-16-20(9-12-23(19)25)24(28)26-14-5-3-4-6-22(26)18-7-10-21(29-2)11-8-18/h7-12,16,22H,3-6,13-15H2,1-2H3. The van der Waals surface area contributed by atoms with Gasteiger partial charge in [-0.2, -0.15) is 0 Å². The van der Waals surface area contributed by atoms with Crippen LogP contribution in [0.15, 0.2) is 42.5 Å². The Bertz CT molecular complexity index is 907. The van der Waals surface area contributed by atoms with Gasteiger partial charge < -0.3 is 14.5 Å². The van der Waals surface area contributed by atoms with Crippen LogP contribution in [0.4, 0.5) is 5.69 Å². The second-order valence-corrected chi connectivity index (χ2v) is 7.90. The first kappa shape index (κ1) is 19.5. The van der Waals surface area contributed by atoms with Crippen LogP contribution in [0.1, 0.15) is 60.1 Å². The lowest BCUT2D eigenvalue weighted by Crippen LogP contribution is -2.34. The van der Waals surface area contributed by atoms with Gasteiger partial charge in [0.25, 0.3) is 5.91 Å². The highest BCUT2D eigenvalue weighted by molar-refractivity contribution is 5.98. The van der Waals surface area contributed by atoms with Crippen LogP contribution in [-0.2, 0) is 11.2 Å². The fourth-order valence-electron chi connectivity index (χ4n) is 4.55. The minimum absolute atomic E-state index is 0.0508. The molecule has 29 heavy (non-hydrogen) atoms. The first-order valence-corrected chi connectivity index (χ1v) is 10.4. The van der Waals surface area contributed by atoms with Crippen LogP contribution in [0.2, 0.25) is 0 Å². The molecule has 4 rings (SSSR count). The molecule has 0 bridgehead atoms. The van der Waals surface area contributed by atoms with Gasteiger partial charge in [0.05, 0.1) is 13.2 Å². The van der Waals surface area contributed by atoms with Crippen molar-refractivity contribution in [2.24, 2.45) is 0 Å². The summed E-state index contributed by atoms with van der Waals surface area (Å²) in [5.41, 5.74) is 3.90. The summed E-state index contributed by atoms with van der Waals surface area (Å²) in [4.78, 5) is 29.1. The van der Waals surface area contributed by atoms with Crippen LogP contribution in [0, 0.1) is 0 Å². The third-order valence-electron chi connectivity index (χ3n) is 6.12. The molecule has 0 saturated carbocycles. The maximum atomic E-state index is 13.5. The summed E-state index contributed by atoms with van der Waals surface area (Å²) >= 11 is 0. The highest BCUT2D eigenvalue weighted by atomic mass is 16.5. The fourth-order valence-corrected chi connectivity index (χ4v) is 4.55. The average Bonchev–Trinajstić information content (AvgIpc) is 3.02. The van der Waals surface area contributed by atoms with Crippen molar-refractivity contribution in [3.8, 4) is 5.75 Å². The third-order valence-corrected chi connectivity index (χ3v) is 6.12. The van der Waals surface area contributed by atoms with Crippen LogP contribution in [-0.4, -0.2) is 36.9 Å². The van der Waals surface area contributed by atoms with Crippen LogP contribution in [0.25, 0.3) is 0 Å². The number of anilines is 1. The van der Waals surface area contributed by atoms with E-state index in [4.69, 9.17) is 4.74 Å². The van der Waals surface area contributed by atoms with Gasteiger partial charge in [0.1, 0.15) is 5.75 Å². The quantitative estimate of drug-likeness (QED) is 0.780. The number of fused-ring (bicyclic) bond motifs is 1. The minimum atomic E-state index is 0.0508. The van der Waals surface area contributed by atoms with E-state index in [0.717, 1.165) is 66.8 Å². The van der Waals surface area contributed by atoms with E-state index < -0.39 is 0 Å². The van der Waals surface area contributed by atoms with Crippen molar-refractivity contribution in [2.75, 3.05) is 25.1 Å². The Kier molecular flexibility index (Phi) is 5.56. The van der Waals surface area contributed by atoms with E-state index in [-0.39, 0.29) is 17.9 Å². The maximum absolute atomic E-state index is 13.5. The molecule has 0 spiro atoms. The first-order chi connectivity index (χ1) is 14.1. The van der Waals surface area contributed by atoms with Crippen molar-refractivity contribution in [1.82, 2.24) is 4.90 Å². The molecule has 2 amide bonds. The largest absolute Gasteiger partial charge is 0.497 e. The Labute approximate surface area is 172 Å². The predicted molar refractivity (Wildman–Crippen MR) is 113 cm³/mol. The van der Waals surface area contributed by atoms with Crippen molar-refractivity contribution in [2.45, 2.75) is 45.1 Å². The molecule has 0 aliphatic carbocycles. The Morgan fingerprint density at radius 3 is 2.52 bits per heavy atom. The molecule has 5 nitrogen and oxygen atoms in total. The lowest BCUT2D eigenvalue weighted by molar-refractivity contribution is -0.116. The molecule has 0 aromatic heterocycles. The van der Waals surface area contributed by atoms with E-state index in [1.165, 1.54) is 0 Å². The van der Waals surface area contributed by atoms with Gasteiger partial charge in [-0.3, -0.25) is 9.59 Å². The number of amides is 2. The number of carbonyl (C=O) groups excluding carboxylic acids is 2. The molecule has 1 fully saturated rings. The lowest BCUT2D eigenvalue weighted by Gasteiger charge is -2.31. The first-order valence-electron chi connectivity index (χ1n) is 10.4. The SMILES string of the molecule is COc1ccc(C2CCCCCN2C(=O)c2ccc3c(c2)CCN3C(C)=O)cc1. The van der Waals surface area contributed by atoms with E-state index in [0.29, 0.717) is 6.54 Å². The Morgan fingerprint density at radius 2 is 1.79 bits per heavy atom.